The molecule has 1 aliphatic rings. The van der Waals surface area contributed by atoms with Crippen molar-refractivity contribution in [3.63, 3.8) is 0 Å². The molecule has 8 nitrogen and oxygen atoms in total. The number of anilines is 1. The molecule has 2 aromatic rings. The molecule has 3 rings (SSSR count). The summed E-state index contributed by atoms with van der Waals surface area (Å²) in [5.74, 6) is 1.68. The number of nitrogens with zero attached hydrogens (tertiary/aromatic N) is 6. The maximum atomic E-state index is 4.58. The van der Waals surface area contributed by atoms with Crippen LogP contribution < -0.4 is 15.5 Å². The zero-order valence-electron chi connectivity index (χ0n) is 17.4. The lowest BCUT2D eigenvalue weighted by atomic mass is 10.3. The maximum Gasteiger partial charge on any atom is 0.225 e. The lowest BCUT2D eigenvalue weighted by Crippen LogP contribution is -2.49. The molecular weight excluding hydrogens is 499 g/mol. The fourth-order valence-corrected chi connectivity index (χ4v) is 4.05. The van der Waals surface area contributed by atoms with Crippen LogP contribution in [-0.2, 0) is 6.42 Å². The van der Waals surface area contributed by atoms with Gasteiger partial charge in [-0.3, -0.25) is 9.89 Å². The van der Waals surface area contributed by atoms with E-state index in [1.807, 2.05) is 13.1 Å². The Bertz CT molecular complexity index is 739. The van der Waals surface area contributed by atoms with E-state index in [9.17, 15) is 0 Å². The third-order valence-corrected chi connectivity index (χ3v) is 5.99. The van der Waals surface area contributed by atoms with Crippen LogP contribution in [-0.4, -0.2) is 78.7 Å². The Morgan fingerprint density at radius 1 is 1.10 bits per heavy atom. The molecule has 0 aliphatic carbocycles. The molecule has 0 spiro atoms. The molecule has 0 atom stereocenters. The van der Waals surface area contributed by atoms with Crippen LogP contribution in [0.3, 0.4) is 0 Å². The molecule has 0 radical (unpaired) electrons. The minimum absolute atomic E-state index is 0. The van der Waals surface area contributed by atoms with Crippen LogP contribution in [0.4, 0.5) is 5.95 Å². The van der Waals surface area contributed by atoms with E-state index in [2.05, 4.69) is 54.2 Å². The van der Waals surface area contributed by atoms with E-state index < -0.39 is 0 Å². The smallest absolute Gasteiger partial charge is 0.225 e. The SMILES string of the molecule is CN=C(NCCc1nc(C)c(C)s1)NCCN1CCN(c2ncccn2)CC1.I. The van der Waals surface area contributed by atoms with Gasteiger partial charge in [0.1, 0.15) is 0 Å². The average molecular weight is 530 g/mol. The van der Waals surface area contributed by atoms with Crippen LogP contribution in [0, 0.1) is 13.8 Å². The van der Waals surface area contributed by atoms with Gasteiger partial charge < -0.3 is 15.5 Å². The zero-order chi connectivity index (χ0) is 19.8. The molecule has 1 saturated heterocycles. The molecule has 3 heterocycles. The molecule has 0 saturated carbocycles. The van der Waals surface area contributed by atoms with Crippen molar-refractivity contribution >= 4 is 47.2 Å². The standard InChI is InChI=1S/C19H30N8S.HI/c1-15-16(2)28-17(25-15)5-8-21-18(20-3)22-9-10-26-11-13-27(14-12-26)19-23-6-4-7-24-19;/h4,6-7H,5,8-14H2,1-3H3,(H2,20,21,22);1H. The molecule has 2 N–H and O–H groups in total. The number of rotatable bonds is 7. The molecule has 160 valence electrons. The summed E-state index contributed by atoms with van der Waals surface area (Å²) in [7, 11) is 1.81. The molecule has 0 amide bonds. The second kappa shape index (κ2) is 12.2. The third kappa shape index (κ3) is 7.34. The van der Waals surface area contributed by atoms with Gasteiger partial charge in [-0.05, 0) is 19.9 Å². The van der Waals surface area contributed by atoms with Crippen LogP contribution in [0.1, 0.15) is 15.6 Å². The van der Waals surface area contributed by atoms with E-state index in [0.717, 1.165) is 69.8 Å². The summed E-state index contributed by atoms with van der Waals surface area (Å²) >= 11 is 1.78. The van der Waals surface area contributed by atoms with Crippen LogP contribution in [0.15, 0.2) is 23.5 Å². The fourth-order valence-electron chi connectivity index (χ4n) is 3.11. The second-order valence-corrected chi connectivity index (χ2v) is 8.09. The first-order valence-electron chi connectivity index (χ1n) is 9.77. The molecule has 0 unspecified atom stereocenters. The first kappa shape index (κ1) is 23.7. The van der Waals surface area contributed by atoms with Crippen molar-refractivity contribution in [3.05, 3.63) is 34.0 Å². The number of halogens is 1. The first-order valence-corrected chi connectivity index (χ1v) is 10.6. The van der Waals surface area contributed by atoms with Crippen molar-refractivity contribution in [2.45, 2.75) is 20.3 Å². The number of aromatic nitrogens is 3. The third-order valence-electron chi connectivity index (χ3n) is 4.86. The molecule has 2 aromatic heterocycles. The van der Waals surface area contributed by atoms with Gasteiger partial charge in [0, 0.05) is 76.6 Å². The van der Waals surface area contributed by atoms with Crippen LogP contribution in [0.25, 0.3) is 0 Å². The first-order chi connectivity index (χ1) is 13.7. The predicted molar refractivity (Wildman–Crippen MR) is 131 cm³/mol. The van der Waals surface area contributed by atoms with Gasteiger partial charge in [-0.25, -0.2) is 15.0 Å². The van der Waals surface area contributed by atoms with Gasteiger partial charge in [-0.1, -0.05) is 0 Å². The molecule has 0 bridgehead atoms. The van der Waals surface area contributed by atoms with Gasteiger partial charge in [0.2, 0.25) is 5.95 Å². The molecular formula is C19H31IN8S. The van der Waals surface area contributed by atoms with Gasteiger partial charge in [-0.15, -0.1) is 35.3 Å². The number of nitrogens with one attached hydrogen (secondary N) is 2. The lowest BCUT2D eigenvalue weighted by molar-refractivity contribution is 0.260. The molecule has 10 heteroatoms. The summed E-state index contributed by atoms with van der Waals surface area (Å²) in [5, 5.41) is 7.96. The van der Waals surface area contributed by atoms with Crippen molar-refractivity contribution < 1.29 is 0 Å². The number of guanidine groups is 1. The van der Waals surface area contributed by atoms with Gasteiger partial charge in [0.25, 0.3) is 0 Å². The van der Waals surface area contributed by atoms with E-state index in [1.54, 1.807) is 23.7 Å². The van der Waals surface area contributed by atoms with Crippen LogP contribution >= 0.6 is 35.3 Å². The summed E-state index contributed by atoms with van der Waals surface area (Å²) in [6.07, 6.45) is 4.52. The Morgan fingerprint density at radius 2 is 1.79 bits per heavy atom. The van der Waals surface area contributed by atoms with E-state index >= 15 is 0 Å². The van der Waals surface area contributed by atoms with Gasteiger partial charge in [0.15, 0.2) is 5.96 Å². The highest BCUT2D eigenvalue weighted by Gasteiger charge is 2.18. The Kier molecular flexibility index (Phi) is 10.0. The molecule has 29 heavy (non-hydrogen) atoms. The number of piperazine rings is 1. The maximum absolute atomic E-state index is 4.58. The quantitative estimate of drug-likeness (QED) is 0.321. The van der Waals surface area contributed by atoms with Crippen LogP contribution in [0.5, 0.6) is 0 Å². The minimum Gasteiger partial charge on any atom is -0.356 e. The fraction of sp³-hybridized carbons (Fsp3) is 0.579. The van der Waals surface area contributed by atoms with E-state index in [1.165, 1.54) is 9.88 Å². The predicted octanol–water partition coefficient (Wildman–Crippen LogP) is 1.70. The number of hydrogen-bond acceptors (Lipinski definition) is 7. The van der Waals surface area contributed by atoms with Gasteiger partial charge in [0.05, 0.1) is 10.7 Å². The van der Waals surface area contributed by atoms with Crippen molar-refractivity contribution in [3.8, 4) is 0 Å². The van der Waals surface area contributed by atoms with E-state index in [-0.39, 0.29) is 24.0 Å². The summed E-state index contributed by atoms with van der Waals surface area (Å²) in [6.45, 7) is 10.9. The molecule has 1 fully saturated rings. The largest absolute Gasteiger partial charge is 0.356 e. The minimum atomic E-state index is 0. The highest BCUT2D eigenvalue weighted by atomic mass is 127. The number of aryl methyl sites for hydroxylation is 2. The Labute approximate surface area is 194 Å². The lowest BCUT2D eigenvalue weighted by Gasteiger charge is -2.34. The monoisotopic (exact) mass is 530 g/mol. The topological polar surface area (TPSA) is 81.6 Å². The van der Waals surface area contributed by atoms with E-state index in [0.29, 0.717) is 0 Å². The number of aliphatic imine (C=N–C) groups is 1. The van der Waals surface area contributed by atoms with Crippen molar-refractivity contribution in [1.29, 1.82) is 0 Å². The average Bonchev–Trinajstić information content (AvgIpc) is 3.05. The number of hydrogen-bond donors (Lipinski definition) is 2. The molecule has 1 aliphatic heterocycles. The van der Waals surface area contributed by atoms with Crippen molar-refractivity contribution in [1.82, 2.24) is 30.5 Å². The summed E-state index contributed by atoms with van der Waals surface area (Å²) in [6, 6.07) is 1.85. The normalized spacial score (nSPS) is 15.1. The zero-order valence-corrected chi connectivity index (χ0v) is 20.5. The molecule has 0 aromatic carbocycles. The number of thiazole rings is 1. The highest BCUT2D eigenvalue weighted by molar-refractivity contribution is 14.0. The highest BCUT2D eigenvalue weighted by Crippen LogP contribution is 2.16. The second-order valence-electron chi connectivity index (χ2n) is 6.80. The summed E-state index contributed by atoms with van der Waals surface area (Å²) in [4.78, 5) is 23.6. The van der Waals surface area contributed by atoms with Crippen molar-refractivity contribution in [2.75, 3.05) is 57.8 Å². The summed E-state index contributed by atoms with van der Waals surface area (Å²) in [5.41, 5.74) is 1.14. The Balaban J connectivity index is 0.00000300. The van der Waals surface area contributed by atoms with Crippen molar-refractivity contribution in [2.24, 2.45) is 4.99 Å². The Hall–Kier alpha value is -1.53. The summed E-state index contributed by atoms with van der Waals surface area (Å²) < 4.78 is 0. The van der Waals surface area contributed by atoms with Gasteiger partial charge >= 0.3 is 0 Å². The Morgan fingerprint density at radius 3 is 2.41 bits per heavy atom. The van der Waals surface area contributed by atoms with Crippen LogP contribution in [0.2, 0.25) is 0 Å². The van der Waals surface area contributed by atoms with Gasteiger partial charge in [-0.2, -0.15) is 0 Å². The van der Waals surface area contributed by atoms with E-state index in [4.69, 9.17) is 0 Å².